The number of hydrogen-bond acceptors (Lipinski definition) is 3. The van der Waals surface area contributed by atoms with E-state index in [4.69, 9.17) is 16.6 Å². The first kappa shape index (κ1) is 22.3. The highest BCUT2D eigenvalue weighted by Crippen LogP contribution is 2.37. The number of rotatable bonds is 3. The van der Waals surface area contributed by atoms with Gasteiger partial charge in [-0.05, 0) is 47.3 Å². The van der Waals surface area contributed by atoms with E-state index >= 15 is 0 Å². The van der Waals surface area contributed by atoms with Gasteiger partial charge in [0.2, 0.25) is 0 Å². The van der Waals surface area contributed by atoms with E-state index in [1.165, 1.54) is 4.57 Å². The molecule has 2 N–H and O–H groups in total. The Labute approximate surface area is 220 Å². The lowest BCUT2D eigenvalue weighted by Gasteiger charge is -2.13. The maximum absolute atomic E-state index is 13.6. The van der Waals surface area contributed by atoms with E-state index < -0.39 is 5.69 Å². The Morgan fingerprint density at radius 2 is 1.50 bits per heavy atom. The highest BCUT2D eigenvalue weighted by atomic mass is 35.5. The number of aromatic nitrogens is 4. The van der Waals surface area contributed by atoms with Gasteiger partial charge in [0.25, 0.3) is 5.56 Å². The average Bonchev–Trinajstić information content (AvgIpc) is 3.37. The van der Waals surface area contributed by atoms with Gasteiger partial charge in [-0.15, -0.1) is 0 Å². The standard InChI is InChI=1S/C31H19ClN4O2/c32-23-11-6-10-22(29-33-24-12-3-4-13-25(24)34-29)28(23)19-15-16-21-26(17-19)35-31(38)36(30(21)37)27-14-5-8-18-7-1-2-9-20(18)27/h1-17H,(H,33,34)(H,35,38). The van der Waals surface area contributed by atoms with Crippen LogP contribution in [0.5, 0.6) is 0 Å². The molecule has 7 heteroatoms. The van der Waals surface area contributed by atoms with Gasteiger partial charge in [-0.3, -0.25) is 4.79 Å². The van der Waals surface area contributed by atoms with Crippen LogP contribution in [0.4, 0.5) is 0 Å². The predicted molar refractivity (Wildman–Crippen MR) is 153 cm³/mol. The molecule has 2 heterocycles. The summed E-state index contributed by atoms with van der Waals surface area (Å²) < 4.78 is 1.19. The van der Waals surface area contributed by atoms with Crippen LogP contribution in [0.25, 0.3) is 60.9 Å². The van der Waals surface area contributed by atoms with Crippen molar-refractivity contribution >= 4 is 44.3 Å². The highest BCUT2D eigenvalue weighted by Gasteiger charge is 2.17. The molecule has 38 heavy (non-hydrogen) atoms. The Morgan fingerprint density at radius 1 is 0.711 bits per heavy atom. The monoisotopic (exact) mass is 514 g/mol. The molecular weight excluding hydrogens is 496 g/mol. The molecule has 0 amide bonds. The number of fused-ring (bicyclic) bond motifs is 3. The Bertz CT molecular complexity index is 2120. The maximum Gasteiger partial charge on any atom is 0.333 e. The van der Waals surface area contributed by atoms with E-state index in [0.29, 0.717) is 27.4 Å². The minimum atomic E-state index is -0.507. The Balaban J connectivity index is 1.42. The number of aromatic amines is 2. The van der Waals surface area contributed by atoms with E-state index in [-0.39, 0.29) is 5.56 Å². The Kier molecular flexibility index (Phi) is 5.03. The Hall–Kier alpha value is -4.94. The minimum Gasteiger partial charge on any atom is -0.338 e. The quantitative estimate of drug-likeness (QED) is 0.275. The molecule has 0 bridgehead atoms. The molecular formula is C31H19ClN4O2. The maximum atomic E-state index is 13.6. The van der Waals surface area contributed by atoms with Crippen molar-refractivity contribution in [1.82, 2.24) is 19.5 Å². The molecule has 0 fully saturated rings. The lowest BCUT2D eigenvalue weighted by molar-refractivity contribution is 0.908. The van der Waals surface area contributed by atoms with Crippen LogP contribution in [-0.4, -0.2) is 19.5 Å². The summed E-state index contributed by atoms with van der Waals surface area (Å²) in [4.78, 5) is 37.9. The molecule has 0 saturated carbocycles. The van der Waals surface area contributed by atoms with Crippen molar-refractivity contribution in [2.75, 3.05) is 0 Å². The summed E-state index contributed by atoms with van der Waals surface area (Å²) in [6.45, 7) is 0. The van der Waals surface area contributed by atoms with Gasteiger partial charge >= 0.3 is 5.69 Å². The summed E-state index contributed by atoms with van der Waals surface area (Å²) in [6.07, 6.45) is 0. The second-order valence-corrected chi connectivity index (χ2v) is 9.50. The zero-order valence-corrected chi connectivity index (χ0v) is 20.7. The van der Waals surface area contributed by atoms with Gasteiger partial charge in [-0.25, -0.2) is 14.3 Å². The van der Waals surface area contributed by atoms with E-state index in [0.717, 1.165) is 38.5 Å². The number of imidazole rings is 1. The largest absolute Gasteiger partial charge is 0.338 e. The van der Waals surface area contributed by atoms with Crippen molar-refractivity contribution in [3.63, 3.8) is 0 Å². The number of hydrogen-bond donors (Lipinski definition) is 2. The van der Waals surface area contributed by atoms with Crippen molar-refractivity contribution in [3.8, 4) is 28.2 Å². The van der Waals surface area contributed by atoms with Crippen LogP contribution in [0.15, 0.2) is 113 Å². The summed E-state index contributed by atoms with van der Waals surface area (Å²) in [5.41, 5.74) is 4.19. The van der Waals surface area contributed by atoms with Crippen LogP contribution in [-0.2, 0) is 0 Å². The molecule has 0 saturated heterocycles. The third kappa shape index (κ3) is 3.46. The molecule has 0 aliphatic carbocycles. The normalized spacial score (nSPS) is 11.5. The van der Waals surface area contributed by atoms with Crippen molar-refractivity contribution in [2.24, 2.45) is 0 Å². The van der Waals surface area contributed by atoms with Crippen molar-refractivity contribution < 1.29 is 0 Å². The molecule has 0 aliphatic rings. The van der Waals surface area contributed by atoms with E-state index in [9.17, 15) is 9.59 Å². The van der Waals surface area contributed by atoms with Gasteiger partial charge in [0.05, 0.1) is 27.6 Å². The number of para-hydroxylation sites is 2. The fourth-order valence-corrected chi connectivity index (χ4v) is 5.37. The van der Waals surface area contributed by atoms with Crippen molar-refractivity contribution in [1.29, 1.82) is 0 Å². The number of nitrogens with zero attached hydrogens (tertiary/aromatic N) is 2. The van der Waals surface area contributed by atoms with E-state index in [1.807, 2.05) is 84.9 Å². The summed E-state index contributed by atoms with van der Waals surface area (Å²) in [6, 6.07) is 32.1. The van der Waals surface area contributed by atoms with Crippen LogP contribution in [0.1, 0.15) is 0 Å². The SMILES string of the molecule is O=c1[nH]c2cc(-c3c(Cl)cccc3-c3nc4ccccc4[nH]3)ccc2c(=O)n1-c1cccc2ccccc12. The van der Waals surface area contributed by atoms with Crippen LogP contribution in [0.2, 0.25) is 5.02 Å². The van der Waals surface area contributed by atoms with Crippen molar-refractivity contribution in [3.05, 3.63) is 129 Å². The number of halogens is 1. The lowest BCUT2D eigenvalue weighted by Crippen LogP contribution is -2.33. The van der Waals surface area contributed by atoms with Gasteiger partial charge in [0.1, 0.15) is 5.82 Å². The third-order valence-corrected chi connectivity index (χ3v) is 7.17. The second kappa shape index (κ2) is 8.57. The highest BCUT2D eigenvalue weighted by molar-refractivity contribution is 6.34. The molecule has 0 radical (unpaired) electrons. The molecule has 7 rings (SSSR count). The summed E-state index contributed by atoms with van der Waals surface area (Å²) in [5.74, 6) is 0.684. The Morgan fingerprint density at radius 3 is 2.39 bits per heavy atom. The van der Waals surface area contributed by atoms with E-state index in [2.05, 4.69) is 9.97 Å². The van der Waals surface area contributed by atoms with Gasteiger partial charge in [-0.1, -0.05) is 78.3 Å². The van der Waals surface area contributed by atoms with Gasteiger partial charge in [0, 0.05) is 21.5 Å². The first-order chi connectivity index (χ1) is 18.6. The molecule has 182 valence electrons. The predicted octanol–water partition coefficient (Wildman–Crippen LogP) is 6.70. The molecule has 7 aromatic rings. The van der Waals surface area contributed by atoms with Crippen LogP contribution < -0.4 is 11.2 Å². The molecule has 6 nitrogen and oxygen atoms in total. The first-order valence-electron chi connectivity index (χ1n) is 12.1. The molecule has 0 spiro atoms. The summed E-state index contributed by atoms with van der Waals surface area (Å²) >= 11 is 6.71. The summed E-state index contributed by atoms with van der Waals surface area (Å²) in [7, 11) is 0. The number of nitrogens with one attached hydrogen (secondary N) is 2. The fourth-order valence-electron chi connectivity index (χ4n) is 5.09. The lowest BCUT2D eigenvalue weighted by atomic mass is 9.98. The van der Waals surface area contributed by atoms with Gasteiger partial charge in [0.15, 0.2) is 0 Å². The van der Waals surface area contributed by atoms with Crippen LogP contribution in [0.3, 0.4) is 0 Å². The zero-order valence-electron chi connectivity index (χ0n) is 19.9. The van der Waals surface area contributed by atoms with E-state index in [1.54, 1.807) is 18.2 Å². The molecule has 0 aliphatic heterocycles. The molecule has 2 aromatic heterocycles. The molecule has 5 aromatic carbocycles. The average molecular weight is 515 g/mol. The van der Waals surface area contributed by atoms with Crippen LogP contribution in [0, 0.1) is 0 Å². The summed E-state index contributed by atoms with van der Waals surface area (Å²) in [5, 5.41) is 2.71. The van der Waals surface area contributed by atoms with Crippen LogP contribution >= 0.6 is 11.6 Å². The second-order valence-electron chi connectivity index (χ2n) is 9.09. The first-order valence-corrected chi connectivity index (χ1v) is 12.5. The van der Waals surface area contributed by atoms with Gasteiger partial charge < -0.3 is 9.97 Å². The molecule has 0 atom stereocenters. The number of benzene rings is 5. The van der Waals surface area contributed by atoms with Crippen molar-refractivity contribution in [2.45, 2.75) is 0 Å². The smallest absolute Gasteiger partial charge is 0.333 e. The minimum absolute atomic E-state index is 0.386. The molecule has 0 unspecified atom stereocenters. The zero-order chi connectivity index (χ0) is 25.8. The fraction of sp³-hybridized carbons (Fsp3) is 0. The number of H-pyrrole nitrogens is 2. The third-order valence-electron chi connectivity index (χ3n) is 6.85. The van der Waals surface area contributed by atoms with Gasteiger partial charge in [-0.2, -0.15) is 0 Å². The topological polar surface area (TPSA) is 83.5 Å².